The average molecular weight is 293 g/mol. The molecule has 1 N–H and O–H groups in total. The molecule has 1 rings (SSSR count). The Balaban J connectivity index is 2.58. The van der Waals surface area contributed by atoms with Gasteiger partial charge in [-0.1, -0.05) is 26.0 Å². The molecule has 1 aromatic rings. The summed E-state index contributed by atoms with van der Waals surface area (Å²) in [5, 5.41) is 3.52. The molecule has 1 atom stereocenters. The molecule has 0 aliphatic heterocycles. The number of hydrogen-bond donors (Lipinski definition) is 1. The van der Waals surface area contributed by atoms with Crippen molar-refractivity contribution in [1.82, 2.24) is 5.32 Å². The third-order valence-corrected chi connectivity index (χ3v) is 3.38. The van der Waals surface area contributed by atoms with Gasteiger partial charge < -0.3 is 14.8 Å². The normalized spacial score (nSPS) is 13.5. The van der Waals surface area contributed by atoms with E-state index in [2.05, 4.69) is 64.2 Å². The quantitative estimate of drug-likeness (QED) is 0.793. The van der Waals surface area contributed by atoms with Crippen molar-refractivity contribution in [1.29, 1.82) is 0 Å². The summed E-state index contributed by atoms with van der Waals surface area (Å²) < 4.78 is 11.2. The van der Waals surface area contributed by atoms with E-state index in [9.17, 15) is 0 Å². The van der Waals surface area contributed by atoms with E-state index >= 15 is 0 Å². The predicted molar refractivity (Wildman–Crippen MR) is 89.0 cm³/mol. The second-order valence-electron chi connectivity index (χ2n) is 6.92. The minimum atomic E-state index is 0.112. The third kappa shape index (κ3) is 7.49. The first-order valence-electron chi connectivity index (χ1n) is 7.81. The predicted octanol–water partition coefficient (Wildman–Crippen LogP) is 3.67. The van der Waals surface area contributed by atoms with E-state index in [4.69, 9.17) is 9.47 Å². The van der Waals surface area contributed by atoms with Crippen LogP contribution in [0.25, 0.3) is 0 Å². The maximum absolute atomic E-state index is 6.14. The summed E-state index contributed by atoms with van der Waals surface area (Å²) in [5.41, 5.74) is 1.39. The molecule has 0 aliphatic carbocycles. The van der Waals surface area contributed by atoms with Gasteiger partial charge in [-0.2, -0.15) is 0 Å². The molecule has 0 radical (unpaired) electrons. The molecule has 0 heterocycles. The second kappa shape index (κ2) is 8.40. The molecule has 0 spiro atoms. The van der Waals surface area contributed by atoms with Crippen LogP contribution in [0.1, 0.15) is 40.2 Å². The smallest absolute Gasteiger partial charge is 0.119 e. The van der Waals surface area contributed by atoms with Crippen LogP contribution in [-0.2, 0) is 11.2 Å². The average Bonchev–Trinajstić information content (AvgIpc) is 2.41. The summed E-state index contributed by atoms with van der Waals surface area (Å²) in [4.78, 5) is 0. The van der Waals surface area contributed by atoms with Gasteiger partial charge in [0.25, 0.3) is 0 Å². The van der Waals surface area contributed by atoms with Gasteiger partial charge in [-0.3, -0.25) is 0 Å². The van der Waals surface area contributed by atoms with Crippen LogP contribution in [-0.4, -0.2) is 31.9 Å². The zero-order chi connectivity index (χ0) is 15.9. The number of nitrogens with one attached hydrogen (secondary N) is 1. The molecule has 21 heavy (non-hydrogen) atoms. The van der Waals surface area contributed by atoms with E-state index < -0.39 is 0 Å². The topological polar surface area (TPSA) is 30.5 Å². The standard InChI is InChI=1S/C18H31NO2/c1-14(2)17(13-19-18(3,4)5)21-16-9-7-15(8-10-16)11-12-20-6/h7-10,14,17,19H,11-13H2,1-6H3. The Labute approximate surface area is 130 Å². The Morgan fingerprint density at radius 2 is 1.71 bits per heavy atom. The van der Waals surface area contributed by atoms with Gasteiger partial charge in [0.15, 0.2) is 0 Å². The molecule has 0 amide bonds. The zero-order valence-corrected chi connectivity index (χ0v) is 14.4. The number of rotatable bonds is 8. The Kier molecular flexibility index (Phi) is 7.20. The van der Waals surface area contributed by atoms with Crippen molar-refractivity contribution in [2.45, 2.75) is 52.7 Å². The van der Waals surface area contributed by atoms with E-state index in [0.717, 1.165) is 25.3 Å². The Bertz CT molecular complexity index is 393. The van der Waals surface area contributed by atoms with Crippen molar-refractivity contribution in [3.05, 3.63) is 29.8 Å². The van der Waals surface area contributed by atoms with Crippen LogP contribution in [0.5, 0.6) is 5.75 Å². The van der Waals surface area contributed by atoms with Gasteiger partial charge >= 0.3 is 0 Å². The number of methoxy groups -OCH3 is 1. The molecule has 1 unspecified atom stereocenters. The zero-order valence-electron chi connectivity index (χ0n) is 14.4. The largest absolute Gasteiger partial charge is 0.489 e. The van der Waals surface area contributed by atoms with Crippen LogP contribution >= 0.6 is 0 Å². The van der Waals surface area contributed by atoms with E-state index in [1.165, 1.54) is 5.56 Å². The lowest BCUT2D eigenvalue weighted by atomic mass is 10.0. The molecule has 0 aromatic heterocycles. The maximum atomic E-state index is 6.14. The molecule has 3 nitrogen and oxygen atoms in total. The van der Waals surface area contributed by atoms with Crippen LogP contribution in [0.4, 0.5) is 0 Å². The molecule has 0 fully saturated rings. The SMILES string of the molecule is COCCc1ccc(OC(CNC(C)(C)C)C(C)C)cc1. The van der Waals surface area contributed by atoms with Gasteiger partial charge in [-0.05, 0) is 50.8 Å². The van der Waals surface area contributed by atoms with Crippen molar-refractivity contribution in [3.63, 3.8) is 0 Å². The third-order valence-electron chi connectivity index (χ3n) is 3.38. The minimum absolute atomic E-state index is 0.112. The van der Waals surface area contributed by atoms with Gasteiger partial charge in [-0.15, -0.1) is 0 Å². The monoisotopic (exact) mass is 293 g/mol. The summed E-state index contributed by atoms with van der Waals surface area (Å²) in [6.07, 6.45) is 1.12. The van der Waals surface area contributed by atoms with Gasteiger partial charge in [0, 0.05) is 19.2 Å². The molecule has 0 saturated carbocycles. The first-order valence-corrected chi connectivity index (χ1v) is 7.81. The summed E-state index contributed by atoms with van der Waals surface area (Å²) in [6.45, 7) is 12.5. The minimum Gasteiger partial charge on any atom is -0.489 e. The highest BCUT2D eigenvalue weighted by Gasteiger charge is 2.18. The second-order valence-corrected chi connectivity index (χ2v) is 6.92. The van der Waals surface area contributed by atoms with E-state index in [1.54, 1.807) is 7.11 Å². The fourth-order valence-corrected chi connectivity index (χ4v) is 1.95. The highest BCUT2D eigenvalue weighted by Crippen LogP contribution is 2.17. The summed E-state index contributed by atoms with van der Waals surface area (Å²) in [6, 6.07) is 8.33. The molecular weight excluding hydrogens is 262 g/mol. The fourth-order valence-electron chi connectivity index (χ4n) is 1.95. The van der Waals surface area contributed by atoms with Crippen LogP contribution in [0.15, 0.2) is 24.3 Å². The number of ether oxygens (including phenoxy) is 2. The van der Waals surface area contributed by atoms with Crippen LogP contribution in [0, 0.1) is 5.92 Å². The van der Waals surface area contributed by atoms with E-state index in [-0.39, 0.29) is 11.6 Å². The Morgan fingerprint density at radius 1 is 1.10 bits per heavy atom. The lowest BCUT2D eigenvalue weighted by Gasteiger charge is -2.28. The summed E-state index contributed by atoms with van der Waals surface area (Å²) in [7, 11) is 1.73. The fraction of sp³-hybridized carbons (Fsp3) is 0.667. The Hall–Kier alpha value is -1.06. The first-order chi connectivity index (χ1) is 9.81. The van der Waals surface area contributed by atoms with Crippen molar-refractivity contribution >= 4 is 0 Å². The van der Waals surface area contributed by atoms with Crippen molar-refractivity contribution in [3.8, 4) is 5.75 Å². The molecule has 0 saturated heterocycles. The molecule has 0 bridgehead atoms. The van der Waals surface area contributed by atoms with Crippen LogP contribution in [0.3, 0.4) is 0 Å². The maximum Gasteiger partial charge on any atom is 0.119 e. The van der Waals surface area contributed by atoms with Crippen molar-refractivity contribution < 1.29 is 9.47 Å². The van der Waals surface area contributed by atoms with E-state index in [0.29, 0.717) is 5.92 Å². The van der Waals surface area contributed by atoms with Crippen molar-refractivity contribution in [2.75, 3.05) is 20.3 Å². The lowest BCUT2D eigenvalue weighted by Crippen LogP contribution is -2.44. The Morgan fingerprint density at radius 3 is 2.19 bits per heavy atom. The van der Waals surface area contributed by atoms with E-state index in [1.807, 2.05) is 0 Å². The molecule has 1 aromatic carbocycles. The molecular formula is C18H31NO2. The summed E-state index contributed by atoms with van der Waals surface area (Å²) >= 11 is 0. The highest BCUT2D eigenvalue weighted by molar-refractivity contribution is 5.27. The first kappa shape index (κ1) is 18.0. The molecule has 0 aliphatic rings. The van der Waals surface area contributed by atoms with Crippen LogP contribution < -0.4 is 10.1 Å². The van der Waals surface area contributed by atoms with Gasteiger partial charge in [0.1, 0.15) is 11.9 Å². The highest BCUT2D eigenvalue weighted by atomic mass is 16.5. The summed E-state index contributed by atoms with van der Waals surface area (Å²) in [5.74, 6) is 1.40. The van der Waals surface area contributed by atoms with Gasteiger partial charge in [-0.25, -0.2) is 0 Å². The lowest BCUT2D eigenvalue weighted by molar-refractivity contribution is 0.139. The molecule has 120 valence electrons. The van der Waals surface area contributed by atoms with Gasteiger partial charge in [0.05, 0.1) is 6.61 Å². The number of hydrogen-bond acceptors (Lipinski definition) is 3. The number of benzene rings is 1. The van der Waals surface area contributed by atoms with Crippen LogP contribution in [0.2, 0.25) is 0 Å². The molecule has 3 heteroatoms. The van der Waals surface area contributed by atoms with Gasteiger partial charge in [0.2, 0.25) is 0 Å². The van der Waals surface area contributed by atoms with Crippen molar-refractivity contribution in [2.24, 2.45) is 5.92 Å².